The highest BCUT2D eigenvalue weighted by Gasteiger charge is 2.47. The maximum Gasteiger partial charge on any atom is 0.159 e. The van der Waals surface area contributed by atoms with Crippen molar-refractivity contribution in [3.05, 3.63) is 35.4 Å². The summed E-state index contributed by atoms with van der Waals surface area (Å²) in [5.41, 5.74) is 6.81. The Morgan fingerprint density at radius 1 is 1.38 bits per heavy atom. The summed E-state index contributed by atoms with van der Waals surface area (Å²) in [7, 11) is 1.87. The summed E-state index contributed by atoms with van der Waals surface area (Å²) < 4.78 is 25.9. The molecule has 88 valence electrons. The summed E-state index contributed by atoms with van der Waals surface area (Å²) in [6.07, 6.45) is 2.07. The van der Waals surface area contributed by atoms with E-state index in [0.29, 0.717) is 5.56 Å². The standard InChI is InChI=1S/C12H16F2N2/c1-16-7-12(4-5-12)11(15)8-2-3-9(13)10(14)6-8/h2-3,6,11,16H,4-5,7,15H2,1H3. The summed E-state index contributed by atoms with van der Waals surface area (Å²) in [6, 6.07) is 3.68. The van der Waals surface area contributed by atoms with Gasteiger partial charge in [-0.05, 0) is 37.6 Å². The second-order valence-electron chi connectivity index (χ2n) is 4.54. The van der Waals surface area contributed by atoms with Crippen molar-refractivity contribution < 1.29 is 8.78 Å². The van der Waals surface area contributed by atoms with Gasteiger partial charge >= 0.3 is 0 Å². The molecule has 4 heteroatoms. The van der Waals surface area contributed by atoms with E-state index in [-0.39, 0.29) is 11.5 Å². The molecule has 1 saturated carbocycles. The Morgan fingerprint density at radius 3 is 2.56 bits per heavy atom. The van der Waals surface area contributed by atoms with E-state index >= 15 is 0 Å². The Kier molecular flexibility index (Phi) is 2.95. The topological polar surface area (TPSA) is 38.0 Å². The molecule has 2 nitrogen and oxygen atoms in total. The minimum Gasteiger partial charge on any atom is -0.323 e. The molecule has 0 saturated heterocycles. The van der Waals surface area contributed by atoms with Gasteiger partial charge in [0.25, 0.3) is 0 Å². The summed E-state index contributed by atoms with van der Waals surface area (Å²) in [4.78, 5) is 0. The molecule has 0 bridgehead atoms. The van der Waals surface area contributed by atoms with Crippen LogP contribution in [-0.4, -0.2) is 13.6 Å². The van der Waals surface area contributed by atoms with Crippen LogP contribution in [0.5, 0.6) is 0 Å². The molecule has 2 rings (SSSR count). The van der Waals surface area contributed by atoms with Crippen LogP contribution in [-0.2, 0) is 0 Å². The van der Waals surface area contributed by atoms with E-state index in [1.54, 1.807) is 6.07 Å². The zero-order valence-electron chi connectivity index (χ0n) is 9.26. The van der Waals surface area contributed by atoms with Gasteiger partial charge in [-0.2, -0.15) is 0 Å². The van der Waals surface area contributed by atoms with Gasteiger partial charge in [-0.15, -0.1) is 0 Å². The molecule has 1 aromatic rings. The summed E-state index contributed by atoms with van der Waals surface area (Å²) in [5, 5.41) is 3.10. The van der Waals surface area contributed by atoms with Crippen LogP contribution in [0.25, 0.3) is 0 Å². The molecule has 0 aromatic heterocycles. The van der Waals surface area contributed by atoms with Crippen molar-refractivity contribution >= 4 is 0 Å². The quantitative estimate of drug-likeness (QED) is 0.823. The van der Waals surface area contributed by atoms with E-state index < -0.39 is 11.6 Å². The molecule has 0 spiro atoms. The zero-order chi connectivity index (χ0) is 11.8. The molecule has 0 radical (unpaired) electrons. The van der Waals surface area contributed by atoms with Crippen molar-refractivity contribution in [2.75, 3.05) is 13.6 Å². The molecule has 0 amide bonds. The summed E-state index contributed by atoms with van der Waals surface area (Å²) in [6.45, 7) is 0.813. The first-order valence-corrected chi connectivity index (χ1v) is 5.44. The van der Waals surface area contributed by atoms with Gasteiger partial charge in [0, 0.05) is 18.0 Å². The van der Waals surface area contributed by atoms with Crippen LogP contribution in [0.3, 0.4) is 0 Å². The Hall–Kier alpha value is -1.00. The fourth-order valence-corrected chi connectivity index (χ4v) is 2.17. The molecule has 0 aliphatic heterocycles. The van der Waals surface area contributed by atoms with Crippen LogP contribution in [0.2, 0.25) is 0 Å². The SMILES string of the molecule is CNCC1(C(N)c2ccc(F)c(F)c2)CC1. The molecule has 1 aliphatic rings. The van der Waals surface area contributed by atoms with E-state index in [2.05, 4.69) is 5.32 Å². The van der Waals surface area contributed by atoms with Crippen LogP contribution in [0.15, 0.2) is 18.2 Å². The Morgan fingerprint density at radius 2 is 2.06 bits per heavy atom. The van der Waals surface area contributed by atoms with Gasteiger partial charge < -0.3 is 11.1 Å². The van der Waals surface area contributed by atoms with Gasteiger partial charge in [0.2, 0.25) is 0 Å². The lowest BCUT2D eigenvalue weighted by Gasteiger charge is -2.23. The van der Waals surface area contributed by atoms with Crippen LogP contribution in [0.1, 0.15) is 24.4 Å². The second kappa shape index (κ2) is 4.11. The van der Waals surface area contributed by atoms with E-state index in [4.69, 9.17) is 5.73 Å². The highest BCUT2D eigenvalue weighted by molar-refractivity contribution is 5.25. The van der Waals surface area contributed by atoms with Crippen molar-refractivity contribution in [2.45, 2.75) is 18.9 Å². The third-order valence-electron chi connectivity index (χ3n) is 3.38. The minimum atomic E-state index is -0.826. The zero-order valence-corrected chi connectivity index (χ0v) is 9.26. The molecule has 16 heavy (non-hydrogen) atoms. The number of rotatable bonds is 4. The van der Waals surface area contributed by atoms with Crippen LogP contribution >= 0.6 is 0 Å². The third kappa shape index (κ3) is 1.95. The number of hydrogen-bond acceptors (Lipinski definition) is 2. The maximum absolute atomic E-state index is 13.1. The van der Waals surface area contributed by atoms with E-state index in [1.807, 2.05) is 7.05 Å². The first-order chi connectivity index (χ1) is 7.59. The Balaban J connectivity index is 2.20. The predicted molar refractivity (Wildman–Crippen MR) is 58.9 cm³/mol. The largest absolute Gasteiger partial charge is 0.323 e. The molecular weight excluding hydrogens is 210 g/mol. The Bertz CT molecular complexity index is 389. The molecule has 1 atom stereocenters. The average Bonchev–Trinajstić information content (AvgIpc) is 3.03. The number of nitrogens with one attached hydrogen (secondary N) is 1. The Labute approximate surface area is 93.8 Å². The predicted octanol–water partition coefficient (Wildman–Crippen LogP) is 1.96. The molecule has 1 fully saturated rings. The fourth-order valence-electron chi connectivity index (χ4n) is 2.17. The van der Waals surface area contributed by atoms with Crippen molar-refractivity contribution in [1.29, 1.82) is 0 Å². The molecule has 1 unspecified atom stereocenters. The van der Waals surface area contributed by atoms with E-state index in [9.17, 15) is 8.78 Å². The fraction of sp³-hybridized carbons (Fsp3) is 0.500. The average molecular weight is 226 g/mol. The van der Waals surface area contributed by atoms with Gasteiger partial charge in [-0.25, -0.2) is 8.78 Å². The second-order valence-corrected chi connectivity index (χ2v) is 4.54. The van der Waals surface area contributed by atoms with Crippen molar-refractivity contribution in [3.8, 4) is 0 Å². The molecule has 0 heterocycles. The van der Waals surface area contributed by atoms with Gasteiger partial charge in [0.15, 0.2) is 11.6 Å². The van der Waals surface area contributed by atoms with Crippen LogP contribution < -0.4 is 11.1 Å². The minimum absolute atomic E-state index is 0.0268. The van der Waals surface area contributed by atoms with Crippen molar-refractivity contribution in [2.24, 2.45) is 11.1 Å². The van der Waals surface area contributed by atoms with E-state index in [0.717, 1.165) is 25.5 Å². The van der Waals surface area contributed by atoms with Gasteiger partial charge in [-0.1, -0.05) is 6.07 Å². The summed E-state index contributed by atoms with van der Waals surface area (Å²) >= 11 is 0. The molecule has 1 aliphatic carbocycles. The third-order valence-corrected chi connectivity index (χ3v) is 3.38. The van der Waals surface area contributed by atoms with Gasteiger partial charge in [0.05, 0.1) is 0 Å². The number of benzene rings is 1. The first-order valence-electron chi connectivity index (χ1n) is 5.44. The number of halogens is 2. The first kappa shape index (κ1) is 11.5. The lowest BCUT2D eigenvalue weighted by molar-refractivity contribution is 0.390. The molecule has 1 aromatic carbocycles. The lowest BCUT2D eigenvalue weighted by Crippen LogP contribution is -2.31. The van der Waals surface area contributed by atoms with Crippen LogP contribution in [0.4, 0.5) is 8.78 Å². The number of hydrogen-bond donors (Lipinski definition) is 2. The van der Waals surface area contributed by atoms with E-state index in [1.165, 1.54) is 6.07 Å². The molecule has 3 N–H and O–H groups in total. The number of nitrogens with two attached hydrogens (primary N) is 1. The normalized spacial score (nSPS) is 19.5. The highest BCUT2D eigenvalue weighted by Crippen LogP contribution is 2.53. The van der Waals surface area contributed by atoms with Gasteiger partial charge in [0.1, 0.15) is 0 Å². The monoisotopic (exact) mass is 226 g/mol. The molecular formula is C12H16F2N2. The maximum atomic E-state index is 13.1. The highest BCUT2D eigenvalue weighted by atomic mass is 19.2. The van der Waals surface area contributed by atoms with Gasteiger partial charge in [-0.3, -0.25) is 0 Å². The van der Waals surface area contributed by atoms with Crippen molar-refractivity contribution in [1.82, 2.24) is 5.32 Å². The lowest BCUT2D eigenvalue weighted by atomic mass is 9.90. The summed E-state index contributed by atoms with van der Waals surface area (Å²) in [5.74, 6) is -1.65. The smallest absolute Gasteiger partial charge is 0.159 e. The van der Waals surface area contributed by atoms with Crippen LogP contribution in [0, 0.1) is 17.0 Å². The van der Waals surface area contributed by atoms with Crippen molar-refractivity contribution in [3.63, 3.8) is 0 Å².